The Morgan fingerprint density at radius 1 is 1.39 bits per heavy atom. The van der Waals surface area contributed by atoms with Gasteiger partial charge in [0.2, 0.25) is 0 Å². The first-order valence-corrected chi connectivity index (χ1v) is 11.7. The van der Waals surface area contributed by atoms with Gasteiger partial charge in [0, 0.05) is 37.6 Å². The van der Waals surface area contributed by atoms with E-state index in [1.165, 1.54) is 12.1 Å². The molecule has 9 nitrogen and oxygen atoms in total. The third kappa shape index (κ3) is 4.82. The van der Waals surface area contributed by atoms with Gasteiger partial charge in [-0.2, -0.15) is 0 Å². The lowest BCUT2D eigenvalue weighted by Crippen LogP contribution is -2.54. The summed E-state index contributed by atoms with van der Waals surface area (Å²) in [6.45, 7) is 6.53. The van der Waals surface area contributed by atoms with Gasteiger partial charge >= 0.3 is 6.09 Å². The zero-order valence-corrected chi connectivity index (χ0v) is 20.8. The third-order valence-corrected chi connectivity index (χ3v) is 6.23. The van der Waals surface area contributed by atoms with E-state index in [9.17, 15) is 9.18 Å². The lowest BCUT2D eigenvalue weighted by molar-refractivity contribution is 0.0148. The van der Waals surface area contributed by atoms with Crippen molar-refractivity contribution < 1.29 is 18.7 Å². The van der Waals surface area contributed by atoms with Crippen LogP contribution in [-0.2, 0) is 4.74 Å². The Morgan fingerprint density at radius 2 is 2.09 bits per heavy atom. The quantitative estimate of drug-likeness (QED) is 0.378. The SMILES string of the molecule is CC(C)(C)OC(=O)N[C@@H]1c2ccc(F)cc2OC12CCN(c1cnc(C(=N)I)c(N)n1)CC2. The van der Waals surface area contributed by atoms with Gasteiger partial charge in [-0.1, -0.05) is 6.07 Å². The van der Waals surface area contributed by atoms with Crippen LogP contribution in [-0.4, -0.2) is 44.1 Å². The molecule has 1 aromatic heterocycles. The Kier molecular flexibility index (Phi) is 6.10. The molecule has 2 aliphatic heterocycles. The zero-order valence-electron chi connectivity index (χ0n) is 18.6. The van der Waals surface area contributed by atoms with Crippen molar-refractivity contribution in [2.45, 2.75) is 50.9 Å². The Balaban J connectivity index is 1.56. The number of benzene rings is 1. The Hall–Kier alpha value is -2.70. The predicted octanol–water partition coefficient (Wildman–Crippen LogP) is 3.96. The second-order valence-electron chi connectivity index (χ2n) is 9.19. The van der Waals surface area contributed by atoms with Gasteiger partial charge < -0.3 is 25.4 Å². The fourth-order valence-electron chi connectivity index (χ4n) is 4.25. The summed E-state index contributed by atoms with van der Waals surface area (Å²) in [5.74, 6) is 0.850. The number of amides is 1. The Morgan fingerprint density at radius 3 is 2.70 bits per heavy atom. The molecule has 1 saturated heterocycles. The van der Waals surface area contributed by atoms with Gasteiger partial charge in [-0.05, 0) is 49.4 Å². The summed E-state index contributed by atoms with van der Waals surface area (Å²) in [4.78, 5) is 23.3. The molecule has 0 radical (unpaired) electrons. The minimum absolute atomic E-state index is 0.205. The van der Waals surface area contributed by atoms with Crippen LogP contribution in [0.2, 0.25) is 0 Å². The molecule has 176 valence electrons. The first kappa shape index (κ1) is 23.5. The topological polar surface area (TPSA) is 126 Å². The van der Waals surface area contributed by atoms with Crippen LogP contribution in [0.4, 0.5) is 20.8 Å². The largest absolute Gasteiger partial charge is 0.484 e. The summed E-state index contributed by atoms with van der Waals surface area (Å²) in [6.07, 6.45) is 2.16. The highest BCUT2D eigenvalue weighted by atomic mass is 127. The van der Waals surface area contributed by atoms with Crippen LogP contribution < -0.4 is 20.7 Å². The summed E-state index contributed by atoms with van der Waals surface area (Å²) in [6, 6.07) is 3.88. The Bertz CT molecular complexity index is 1100. The van der Waals surface area contributed by atoms with Crippen LogP contribution in [0.25, 0.3) is 0 Å². The lowest BCUT2D eigenvalue weighted by atomic mass is 9.82. The molecule has 0 aliphatic carbocycles. The highest BCUT2D eigenvalue weighted by molar-refractivity contribution is 14.1. The summed E-state index contributed by atoms with van der Waals surface area (Å²) in [7, 11) is 0. The molecule has 1 atom stereocenters. The smallest absolute Gasteiger partial charge is 0.408 e. The number of aromatic nitrogens is 2. The van der Waals surface area contributed by atoms with Crippen LogP contribution in [0.15, 0.2) is 24.4 Å². The van der Waals surface area contributed by atoms with Crippen LogP contribution >= 0.6 is 22.6 Å². The first-order chi connectivity index (χ1) is 15.5. The van der Waals surface area contributed by atoms with E-state index < -0.39 is 29.2 Å². The maximum Gasteiger partial charge on any atom is 0.408 e. The van der Waals surface area contributed by atoms with Gasteiger partial charge in [0.05, 0.1) is 6.20 Å². The number of rotatable bonds is 3. The molecular weight excluding hydrogens is 542 g/mol. The van der Waals surface area contributed by atoms with Crippen molar-refractivity contribution in [2.75, 3.05) is 23.7 Å². The van der Waals surface area contributed by atoms with E-state index in [0.717, 1.165) is 5.56 Å². The molecule has 2 aliphatic rings. The molecule has 2 aromatic rings. The van der Waals surface area contributed by atoms with E-state index in [0.29, 0.717) is 43.2 Å². The average molecular weight is 568 g/mol. The summed E-state index contributed by atoms with van der Waals surface area (Å²) >= 11 is 1.84. The number of piperidine rings is 1. The molecule has 0 saturated carbocycles. The fraction of sp³-hybridized carbons (Fsp3) is 0.455. The molecule has 3 heterocycles. The number of carbonyl (C=O) groups excluding carboxylic acids is 1. The number of hydrogen-bond acceptors (Lipinski definition) is 8. The van der Waals surface area contributed by atoms with Crippen LogP contribution in [0.5, 0.6) is 5.75 Å². The number of hydrogen-bond donors (Lipinski definition) is 3. The van der Waals surface area contributed by atoms with Gasteiger partial charge in [-0.25, -0.2) is 19.2 Å². The molecule has 1 amide bonds. The van der Waals surface area contributed by atoms with Crippen molar-refractivity contribution in [1.29, 1.82) is 5.41 Å². The van der Waals surface area contributed by atoms with Gasteiger partial charge in [0.1, 0.15) is 44.0 Å². The number of alkyl carbamates (subject to hydrolysis) is 1. The molecule has 33 heavy (non-hydrogen) atoms. The standard InChI is InChI=1S/C22H26FIN6O3/c1-21(2,3)33-20(31)29-17-13-5-4-12(23)10-14(13)32-22(17)6-8-30(9-7-22)15-11-27-16(18(24)25)19(26)28-15/h4-5,10-11,17,25H,6-9H2,1-3H3,(H2,26,28)(H,29,31)/t17-/m1/s1. The van der Waals surface area contributed by atoms with E-state index in [2.05, 4.69) is 15.3 Å². The Labute approximate surface area is 204 Å². The van der Waals surface area contributed by atoms with Crippen LogP contribution in [0, 0.1) is 11.2 Å². The lowest BCUT2D eigenvalue weighted by Gasteiger charge is -2.42. The average Bonchev–Trinajstić information content (AvgIpc) is 2.98. The van der Waals surface area contributed by atoms with Crippen molar-refractivity contribution in [2.24, 2.45) is 0 Å². The van der Waals surface area contributed by atoms with Crippen molar-refractivity contribution in [3.8, 4) is 5.75 Å². The van der Waals surface area contributed by atoms with Gasteiger partial charge in [0.15, 0.2) is 5.82 Å². The second-order valence-corrected chi connectivity index (χ2v) is 10.3. The normalized spacial score (nSPS) is 19.1. The number of halogens is 2. The van der Waals surface area contributed by atoms with Gasteiger partial charge in [-0.15, -0.1) is 0 Å². The molecule has 1 fully saturated rings. The monoisotopic (exact) mass is 568 g/mol. The maximum atomic E-state index is 13.9. The second kappa shape index (κ2) is 8.58. The number of nitrogen functional groups attached to an aromatic ring is 1. The minimum Gasteiger partial charge on any atom is -0.484 e. The van der Waals surface area contributed by atoms with Crippen LogP contribution in [0.1, 0.15) is 50.9 Å². The first-order valence-electron chi connectivity index (χ1n) is 10.6. The molecule has 0 unspecified atom stereocenters. The minimum atomic E-state index is -0.743. The number of nitrogens with two attached hydrogens (primary N) is 1. The number of ether oxygens (including phenoxy) is 2. The summed E-state index contributed by atoms with van der Waals surface area (Å²) in [5.41, 5.74) is 5.66. The molecule has 0 bridgehead atoms. The van der Waals surface area contributed by atoms with Gasteiger partial charge in [-0.3, -0.25) is 5.41 Å². The number of fused-ring (bicyclic) bond motifs is 1. The fourth-order valence-corrected chi connectivity index (χ4v) is 4.67. The van der Waals surface area contributed by atoms with Crippen molar-refractivity contribution in [3.05, 3.63) is 41.5 Å². The van der Waals surface area contributed by atoms with Crippen LogP contribution in [0.3, 0.4) is 0 Å². The highest BCUT2D eigenvalue weighted by Crippen LogP contribution is 2.49. The number of nitrogens with one attached hydrogen (secondary N) is 2. The number of anilines is 2. The summed E-state index contributed by atoms with van der Waals surface area (Å²) < 4.78 is 25.9. The van der Waals surface area contributed by atoms with E-state index in [1.54, 1.807) is 33.0 Å². The van der Waals surface area contributed by atoms with Crippen molar-refractivity contribution in [3.63, 3.8) is 0 Å². The molecule has 4 N–H and O–H groups in total. The summed E-state index contributed by atoms with van der Waals surface area (Å²) in [5, 5.41) is 10.7. The van der Waals surface area contributed by atoms with E-state index in [1.807, 2.05) is 27.5 Å². The van der Waals surface area contributed by atoms with E-state index >= 15 is 0 Å². The maximum absolute atomic E-state index is 13.9. The number of nitrogens with zero attached hydrogens (tertiary/aromatic N) is 3. The molecule has 4 rings (SSSR count). The molecule has 1 spiro atoms. The molecule has 11 heteroatoms. The highest BCUT2D eigenvalue weighted by Gasteiger charge is 2.51. The van der Waals surface area contributed by atoms with E-state index in [4.69, 9.17) is 20.6 Å². The van der Waals surface area contributed by atoms with Crippen molar-refractivity contribution >= 4 is 44.0 Å². The number of carbonyl (C=O) groups is 1. The van der Waals surface area contributed by atoms with Gasteiger partial charge in [0.25, 0.3) is 0 Å². The predicted molar refractivity (Wildman–Crippen MR) is 131 cm³/mol. The van der Waals surface area contributed by atoms with E-state index in [-0.39, 0.29) is 9.54 Å². The molecule has 1 aromatic carbocycles. The molecular formula is C22H26FIN6O3. The zero-order chi connectivity index (χ0) is 24.0. The third-order valence-electron chi connectivity index (χ3n) is 5.72. The van der Waals surface area contributed by atoms with Crippen molar-refractivity contribution in [1.82, 2.24) is 15.3 Å².